The molecule has 0 aliphatic carbocycles. The largest absolute Gasteiger partial charge is 0.365 e. The molecule has 2 heterocycles. The Morgan fingerprint density at radius 3 is 2.86 bits per heavy atom. The first kappa shape index (κ1) is 9.97. The summed E-state index contributed by atoms with van der Waals surface area (Å²) in [6.45, 7) is 7.77. The van der Waals surface area contributed by atoms with E-state index in [2.05, 4.69) is 36.1 Å². The summed E-state index contributed by atoms with van der Waals surface area (Å²) in [5, 5.41) is 3.64. The van der Waals surface area contributed by atoms with Crippen molar-refractivity contribution in [2.45, 2.75) is 32.2 Å². The van der Waals surface area contributed by atoms with Crippen LogP contribution in [-0.2, 0) is 0 Å². The Balaban J connectivity index is 2.01. The highest BCUT2D eigenvalue weighted by atomic mass is 15.2. The van der Waals surface area contributed by atoms with Gasteiger partial charge in [-0.1, -0.05) is 13.8 Å². The van der Waals surface area contributed by atoms with E-state index in [4.69, 9.17) is 0 Å². The molecule has 80 valence electrons. The normalized spacial score (nSPS) is 33.6. The predicted octanol–water partition coefficient (Wildman–Crippen LogP) is 1.11. The third-order valence-corrected chi connectivity index (χ3v) is 3.26. The second-order valence-corrected chi connectivity index (χ2v) is 5.10. The van der Waals surface area contributed by atoms with E-state index < -0.39 is 0 Å². The minimum atomic E-state index is 0.270. The highest BCUT2D eigenvalue weighted by molar-refractivity contribution is 5.86. The first-order chi connectivity index (χ1) is 6.61. The van der Waals surface area contributed by atoms with Crippen LogP contribution in [0.5, 0.6) is 0 Å². The summed E-state index contributed by atoms with van der Waals surface area (Å²) in [4.78, 5) is 7.04. The minimum Gasteiger partial charge on any atom is -0.365 e. The third-order valence-electron chi connectivity index (χ3n) is 3.26. The number of rotatable bonds is 1. The maximum Gasteiger partial charge on any atom is 0.0995 e. The molecule has 1 saturated heterocycles. The maximum atomic E-state index is 4.63. The van der Waals surface area contributed by atoms with Gasteiger partial charge in [-0.25, -0.2) is 0 Å². The van der Waals surface area contributed by atoms with Crippen LogP contribution in [0, 0.1) is 5.92 Å². The molecule has 1 spiro atoms. The van der Waals surface area contributed by atoms with Gasteiger partial charge in [0.15, 0.2) is 0 Å². The maximum absolute atomic E-state index is 4.63. The van der Waals surface area contributed by atoms with Crippen molar-refractivity contribution in [3.05, 3.63) is 0 Å². The lowest BCUT2D eigenvalue weighted by molar-refractivity contribution is 0.175. The lowest BCUT2D eigenvalue weighted by atomic mass is 9.90. The zero-order chi connectivity index (χ0) is 10.2. The van der Waals surface area contributed by atoms with Crippen molar-refractivity contribution in [3.8, 4) is 0 Å². The Labute approximate surface area is 86.6 Å². The van der Waals surface area contributed by atoms with Crippen LogP contribution in [-0.4, -0.2) is 43.0 Å². The number of likely N-dealkylation sites (N-methyl/N-ethyl adjacent to an activating group) is 1. The van der Waals surface area contributed by atoms with Gasteiger partial charge in [-0.3, -0.25) is 4.99 Å². The van der Waals surface area contributed by atoms with Crippen molar-refractivity contribution in [3.63, 3.8) is 0 Å². The van der Waals surface area contributed by atoms with Crippen LogP contribution in [0.25, 0.3) is 0 Å². The average Bonchev–Trinajstić information content (AvgIpc) is 2.49. The van der Waals surface area contributed by atoms with Crippen LogP contribution < -0.4 is 5.32 Å². The van der Waals surface area contributed by atoms with Crippen molar-refractivity contribution in [1.82, 2.24) is 10.2 Å². The molecule has 14 heavy (non-hydrogen) atoms. The van der Waals surface area contributed by atoms with E-state index in [1.807, 2.05) is 0 Å². The van der Waals surface area contributed by atoms with Crippen molar-refractivity contribution in [2.24, 2.45) is 10.9 Å². The van der Waals surface area contributed by atoms with Gasteiger partial charge in [0.2, 0.25) is 0 Å². The molecule has 0 saturated carbocycles. The molecular formula is C11H21N3. The highest BCUT2D eigenvalue weighted by Crippen LogP contribution is 2.25. The Morgan fingerprint density at radius 1 is 1.50 bits per heavy atom. The van der Waals surface area contributed by atoms with Gasteiger partial charge in [0, 0.05) is 12.5 Å². The molecule has 0 radical (unpaired) electrons. The molecule has 2 aliphatic heterocycles. The van der Waals surface area contributed by atoms with E-state index >= 15 is 0 Å². The van der Waals surface area contributed by atoms with Crippen LogP contribution in [0.15, 0.2) is 4.99 Å². The van der Waals surface area contributed by atoms with E-state index in [-0.39, 0.29) is 5.54 Å². The molecule has 3 nitrogen and oxygen atoms in total. The summed E-state index contributed by atoms with van der Waals surface area (Å²) < 4.78 is 0. The van der Waals surface area contributed by atoms with E-state index in [1.54, 1.807) is 0 Å². The Bertz CT molecular complexity index is 247. The summed E-state index contributed by atoms with van der Waals surface area (Å²) in [5.74, 6) is 1.75. The summed E-state index contributed by atoms with van der Waals surface area (Å²) in [7, 11) is 2.20. The summed E-state index contributed by atoms with van der Waals surface area (Å²) >= 11 is 0. The lowest BCUT2D eigenvalue weighted by Gasteiger charge is -2.39. The first-order valence-corrected chi connectivity index (χ1v) is 5.62. The second-order valence-electron chi connectivity index (χ2n) is 5.10. The predicted molar refractivity (Wildman–Crippen MR) is 59.7 cm³/mol. The van der Waals surface area contributed by atoms with Gasteiger partial charge in [-0.2, -0.15) is 0 Å². The number of aliphatic imine (C=N–C) groups is 1. The van der Waals surface area contributed by atoms with Gasteiger partial charge in [0.1, 0.15) is 0 Å². The molecule has 0 amide bonds. The van der Waals surface area contributed by atoms with Crippen molar-refractivity contribution in [1.29, 1.82) is 0 Å². The number of hydrogen-bond donors (Lipinski definition) is 1. The number of nitrogens with zero attached hydrogens (tertiary/aromatic N) is 2. The molecule has 1 fully saturated rings. The second kappa shape index (κ2) is 3.54. The van der Waals surface area contributed by atoms with Crippen LogP contribution in [0.3, 0.4) is 0 Å². The Kier molecular flexibility index (Phi) is 2.52. The molecular weight excluding hydrogens is 174 g/mol. The SMILES string of the molecule is CC(C)C1=NCC2(CCCN(C)C2)N1. The molecule has 0 bridgehead atoms. The summed E-state index contributed by atoms with van der Waals surface area (Å²) in [5.41, 5.74) is 0.270. The van der Waals surface area contributed by atoms with Crippen LogP contribution in [0.4, 0.5) is 0 Å². The molecule has 2 aliphatic rings. The molecule has 2 rings (SSSR count). The van der Waals surface area contributed by atoms with Crippen LogP contribution in [0.1, 0.15) is 26.7 Å². The van der Waals surface area contributed by atoms with E-state index in [0.29, 0.717) is 5.92 Å². The van der Waals surface area contributed by atoms with Gasteiger partial charge in [0.05, 0.1) is 17.9 Å². The molecule has 1 N–H and O–H groups in total. The summed E-state index contributed by atoms with van der Waals surface area (Å²) in [6, 6.07) is 0. The lowest BCUT2D eigenvalue weighted by Crippen LogP contribution is -2.56. The first-order valence-electron chi connectivity index (χ1n) is 5.62. The summed E-state index contributed by atoms with van der Waals surface area (Å²) in [6.07, 6.45) is 2.57. The number of piperidine rings is 1. The van der Waals surface area contributed by atoms with Crippen molar-refractivity contribution < 1.29 is 0 Å². The fourth-order valence-corrected chi connectivity index (χ4v) is 2.51. The number of likely N-dealkylation sites (tertiary alicyclic amines) is 1. The smallest absolute Gasteiger partial charge is 0.0995 e. The number of amidine groups is 1. The van der Waals surface area contributed by atoms with E-state index in [1.165, 1.54) is 25.2 Å². The highest BCUT2D eigenvalue weighted by Gasteiger charge is 2.38. The van der Waals surface area contributed by atoms with E-state index in [9.17, 15) is 0 Å². The van der Waals surface area contributed by atoms with Gasteiger partial charge >= 0.3 is 0 Å². The fraction of sp³-hybridized carbons (Fsp3) is 0.909. The fourth-order valence-electron chi connectivity index (χ4n) is 2.51. The standard InChI is InChI=1S/C11H21N3/c1-9(2)10-12-7-11(13-10)5-4-6-14(3)8-11/h9H,4-8H2,1-3H3,(H,12,13). The number of hydrogen-bond acceptors (Lipinski definition) is 3. The van der Waals surface area contributed by atoms with Gasteiger partial charge in [-0.15, -0.1) is 0 Å². The molecule has 0 aromatic carbocycles. The Morgan fingerprint density at radius 2 is 2.29 bits per heavy atom. The van der Waals surface area contributed by atoms with Gasteiger partial charge in [-0.05, 0) is 26.4 Å². The monoisotopic (exact) mass is 195 g/mol. The van der Waals surface area contributed by atoms with Crippen molar-refractivity contribution >= 4 is 5.84 Å². The van der Waals surface area contributed by atoms with Gasteiger partial charge < -0.3 is 10.2 Å². The molecule has 3 heteroatoms. The average molecular weight is 195 g/mol. The zero-order valence-electron chi connectivity index (χ0n) is 9.51. The molecule has 0 aromatic heterocycles. The van der Waals surface area contributed by atoms with Crippen LogP contribution in [0.2, 0.25) is 0 Å². The van der Waals surface area contributed by atoms with Gasteiger partial charge in [0.25, 0.3) is 0 Å². The van der Waals surface area contributed by atoms with Crippen LogP contribution >= 0.6 is 0 Å². The molecule has 0 aromatic rings. The third kappa shape index (κ3) is 1.78. The van der Waals surface area contributed by atoms with E-state index in [0.717, 1.165) is 13.1 Å². The topological polar surface area (TPSA) is 27.6 Å². The quantitative estimate of drug-likeness (QED) is 0.678. The number of nitrogens with one attached hydrogen (secondary N) is 1. The molecule has 1 atom stereocenters. The van der Waals surface area contributed by atoms with Crippen molar-refractivity contribution in [2.75, 3.05) is 26.7 Å². The molecule has 1 unspecified atom stereocenters. The Hall–Kier alpha value is -0.570. The zero-order valence-corrected chi connectivity index (χ0v) is 9.51. The minimum absolute atomic E-state index is 0.270.